The molecule has 0 aromatic carbocycles. The molecule has 0 saturated heterocycles. The first kappa shape index (κ1) is 37.6. The van der Waals surface area contributed by atoms with E-state index in [0.29, 0.717) is 71.0 Å². The zero-order chi connectivity index (χ0) is 34.4. The first-order chi connectivity index (χ1) is 22.4. The Balaban J connectivity index is 1.69. The molecule has 11 nitrogen and oxygen atoms in total. The predicted octanol–water partition coefficient (Wildman–Crippen LogP) is 4.32. The SMILES string of the molecule is C[C@H](CCC(=O)O)[C@H]1CC[C@H]2C3[C@H](OC(=O)CCCN)CC4C[C@H](OC(=O)CCCN)CC[C@]4(C)[C@H]3C[C@H](OC(=O)CCCN)[C@]12C. The van der Waals surface area contributed by atoms with Gasteiger partial charge in [-0.3, -0.25) is 19.2 Å². The van der Waals surface area contributed by atoms with Gasteiger partial charge in [0.15, 0.2) is 0 Å². The fourth-order valence-electron chi connectivity index (χ4n) is 10.4. The van der Waals surface area contributed by atoms with E-state index in [2.05, 4.69) is 20.8 Å². The summed E-state index contributed by atoms with van der Waals surface area (Å²) in [5.74, 6) is -0.654. The van der Waals surface area contributed by atoms with Crippen molar-refractivity contribution < 1.29 is 38.5 Å². The van der Waals surface area contributed by atoms with Gasteiger partial charge in [-0.15, -0.1) is 0 Å². The normalized spacial score (nSPS) is 36.7. The fourth-order valence-corrected chi connectivity index (χ4v) is 10.4. The maximum absolute atomic E-state index is 13.3. The monoisotopic (exact) mass is 663 g/mol. The van der Waals surface area contributed by atoms with Crippen molar-refractivity contribution in [1.82, 2.24) is 0 Å². The van der Waals surface area contributed by atoms with Gasteiger partial charge < -0.3 is 36.5 Å². The highest BCUT2D eigenvalue weighted by Gasteiger charge is 2.67. The van der Waals surface area contributed by atoms with Gasteiger partial charge in [-0.2, -0.15) is 0 Å². The second-order valence-electron chi connectivity index (χ2n) is 15.5. The Hall–Kier alpha value is -2.24. The van der Waals surface area contributed by atoms with Gasteiger partial charge in [0.25, 0.3) is 0 Å². The molecule has 0 heterocycles. The number of ether oxygens (including phenoxy) is 3. The van der Waals surface area contributed by atoms with Crippen LogP contribution in [0.4, 0.5) is 0 Å². The third-order valence-corrected chi connectivity index (χ3v) is 12.9. The smallest absolute Gasteiger partial charge is 0.306 e. The minimum absolute atomic E-state index is 0.0856. The van der Waals surface area contributed by atoms with E-state index in [1.165, 1.54) is 0 Å². The van der Waals surface area contributed by atoms with Gasteiger partial charge in [-0.05, 0) is 125 Å². The second-order valence-corrected chi connectivity index (χ2v) is 15.5. The van der Waals surface area contributed by atoms with Crippen LogP contribution in [0.1, 0.15) is 117 Å². The highest BCUT2D eigenvalue weighted by Crippen LogP contribution is 2.69. The van der Waals surface area contributed by atoms with Crippen LogP contribution in [0.5, 0.6) is 0 Å². The molecule has 4 aliphatic carbocycles. The van der Waals surface area contributed by atoms with E-state index in [-0.39, 0.29) is 96.4 Å². The van der Waals surface area contributed by atoms with Crippen molar-refractivity contribution in [3.63, 3.8) is 0 Å². The highest BCUT2D eigenvalue weighted by atomic mass is 16.6. The predicted molar refractivity (Wildman–Crippen MR) is 177 cm³/mol. The van der Waals surface area contributed by atoms with Crippen LogP contribution in [-0.4, -0.2) is 66.9 Å². The molecule has 268 valence electrons. The van der Waals surface area contributed by atoms with E-state index in [1.54, 1.807) is 0 Å². The van der Waals surface area contributed by atoms with Gasteiger partial charge in [0.1, 0.15) is 18.3 Å². The summed E-state index contributed by atoms with van der Waals surface area (Å²) >= 11 is 0. The average Bonchev–Trinajstić information content (AvgIpc) is 3.39. The van der Waals surface area contributed by atoms with Crippen molar-refractivity contribution in [2.75, 3.05) is 19.6 Å². The molecule has 0 aromatic rings. The van der Waals surface area contributed by atoms with Crippen LogP contribution in [0, 0.1) is 46.3 Å². The second kappa shape index (κ2) is 16.4. The molecule has 7 N–H and O–H groups in total. The summed E-state index contributed by atoms with van der Waals surface area (Å²) in [5, 5.41) is 9.46. The molecular weight excluding hydrogens is 602 g/mol. The quantitative estimate of drug-likeness (QED) is 0.136. The van der Waals surface area contributed by atoms with Gasteiger partial charge >= 0.3 is 23.9 Å². The van der Waals surface area contributed by atoms with Crippen LogP contribution in [0.25, 0.3) is 0 Å². The number of carbonyl (C=O) groups excluding carboxylic acids is 3. The van der Waals surface area contributed by atoms with Gasteiger partial charge in [-0.25, -0.2) is 0 Å². The van der Waals surface area contributed by atoms with E-state index in [4.69, 9.17) is 31.4 Å². The largest absolute Gasteiger partial charge is 0.481 e. The lowest BCUT2D eigenvalue weighted by molar-refractivity contribution is -0.226. The lowest BCUT2D eigenvalue weighted by Gasteiger charge is -2.64. The molecular formula is C36H61N3O8. The minimum Gasteiger partial charge on any atom is -0.481 e. The van der Waals surface area contributed by atoms with Crippen molar-refractivity contribution in [1.29, 1.82) is 0 Å². The van der Waals surface area contributed by atoms with Crippen molar-refractivity contribution in [3.8, 4) is 0 Å². The third kappa shape index (κ3) is 8.32. The summed E-state index contributed by atoms with van der Waals surface area (Å²) in [6, 6.07) is 0. The van der Waals surface area contributed by atoms with E-state index < -0.39 is 11.4 Å². The highest BCUT2D eigenvalue weighted by molar-refractivity contribution is 5.70. The Kier molecular flexibility index (Phi) is 13.1. The van der Waals surface area contributed by atoms with Crippen LogP contribution in [0.2, 0.25) is 0 Å². The zero-order valence-electron chi connectivity index (χ0n) is 29.0. The molecule has 47 heavy (non-hydrogen) atoms. The summed E-state index contributed by atoms with van der Waals surface area (Å²) in [4.78, 5) is 50.5. The first-order valence-electron chi connectivity index (χ1n) is 18.3. The van der Waals surface area contributed by atoms with Gasteiger partial charge in [0.05, 0.1) is 0 Å². The number of carbonyl (C=O) groups is 4. The van der Waals surface area contributed by atoms with Gasteiger partial charge in [0.2, 0.25) is 0 Å². The molecule has 0 aliphatic heterocycles. The summed E-state index contributed by atoms with van der Waals surface area (Å²) in [6.45, 7) is 8.01. The topological polar surface area (TPSA) is 194 Å². The molecule has 0 spiro atoms. The summed E-state index contributed by atoms with van der Waals surface area (Å²) in [6.07, 6.45) is 7.94. The lowest BCUT2D eigenvalue weighted by Crippen LogP contribution is -2.63. The molecule has 11 atom stereocenters. The molecule has 0 bridgehead atoms. The van der Waals surface area contributed by atoms with E-state index in [9.17, 15) is 24.3 Å². The molecule has 11 heteroatoms. The van der Waals surface area contributed by atoms with Gasteiger partial charge in [-0.1, -0.05) is 20.8 Å². The lowest BCUT2D eigenvalue weighted by atomic mass is 9.43. The summed E-state index contributed by atoms with van der Waals surface area (Å²) in [7, 11) is 0. The Morgan fingerprint density at radius 3 is 1.96 bits per heavy atom. The zero-order valence-corrected chi connectivity index (χ0v) is 29.0. The number of esters is 3. The number of hydrogen-bond donors (Lipinski definition) is 4. The number of fused-ring (bicyclic) bond motifs is 5. The van der Waals surface area contributed by atoms with Crippen molar-refractivity contribution >= 4 is 23.9 Å². The molecule has 0 amide bonds. The fraction of sp³-hybridized carbons (Fsp3) is 0.889. The van der Waals surface area contributed by atoms with Crippen LogP contribution < -0.4 is 17.2 Å². The molecule has 4 saturated carbocycles. The molecule has 0 radical (unpaired) electrons. The molecule has 2 unspecified atom stereocenters. The number of carboxylic acids is 1. The average molecular weight is 664 g/mol. The van der Waals surface area contributed by atoms with E-state index >= 15 is 0 Å². The van der Waals surface area contributed by atoms with Crippen LogP contribution in [0.15, 0.2) is 0 Å². The number of rotatable bonds is 16. The van der Waals surface area contributed by atoms with Crippen molar-refractivity contribution in [2.45, 2.75) is 135 Å². The third-order valence-electron chi connectivity index (χ3n) is 12.9. The molecule has 4 rings (SSSR count). The number of carboxylic acid groups (broad SMARTS) is 1. The first-order valence-corrected chi connectivity index (χ1v) is 18.3. The molecule has 4 fully saturated rings. The van der Waals surface area contributed by atoms with Crippen molar-refractivity contribution in [3.05, 3.63) is 0 Å². The summed E-state index contributed by atoms with van der Waals surface area (Å²) in [5.41, 5.74) is 16.6. The standard InChI is InChI=1S/C36H61N3O8/c1-22(10-13-30(40)41)25-11-12-26-34-27(21-29(36(25,26)3)47-33(44)9-6-18-39)35(2)15-14-24(45-31(42)7-4-16-37)19-23(35)20-28(34)46-32(43)8-5-17-38/h22-29,34H,4-21,37-39H2,1-3H3,(H,40,41)/t22-,23?,24-,25-,26+,27+,28-,29+,34?,35+,36-/m1/s1. The maximum atomic E-state index is 13.3. The number of nitrogens with two attached hydrogens (primary N) is 3. The van der Waals surface area contributed by atoms with Crippen LogP contribution in [-0.2, 0) is 33.4 Å². The van der Waals surface area contributed by atoms with E-state index in [1.807, 2.05) is 0 Å². The number of hydrogen-bond acceptors (Lipinski definition) is 10. The maximum Gasteiger partial charge on any atom is 0.306 e. The molecule has 0 aromatic heterocycles. The van der Waals surface area contributed by atoms with Gasteiger partial charge in [0, 0.05) is 37.0 Å². The summed E-state index contributed by atoms with van der Waals surface area (Å²) < 4.78 is 18.8. The Labute approximate surface area is 280 Å². The van der Waals surface area contributed by atoms with E-state index in [0.717, 1.165) is 25.7 Å². The Morgan fingerprint density at radius 1 is 0.766 bits per heavy atom. The van der Waals surface area contributed by atoms with Crippen molar-refractivity contribution in [2.24, 2.45) is 63.5 Å². The minimum atomic E-state index is -0.804. The van der Waals surface area contributed by atoms with Crippen LogP contribution >= 0.6 is 0 Å². The Morgan fingerprint density at radius 2 is 1.36 bits per heavy atom. The molecule has 4 aliphatic rings. The Bertz CT molecular complexity index is 1100. The van der Waals surface area contributed by atoms with Crippen LogP contribution in [0.3, 0.4) is 0 Å². The number of aliphatic carboxylic acids is 1.